The van der Waals surface area contributed by atoms with Crippen molar-refractivity contribution in [3.05, 3.63) is 83.7 Å². The van der Waals surface area contributed by atoms with Crippen molar-refractivity contribution in [2.24, 2.45) is 5.92 Å². The van der Waals surface area contributed by atoms with Crippen LogP contribution >= 0.6 is 0 Å². The number of rotatable bonds is 9. The fraction of sp³-hybridized carbons (Fsp3) is 0.364. The second kappa shape index (κ2) is 12.0. The highest BCUT2D eigenvalue weighted by Gasteiger charge is 2.22. The molecule has 1 fully saturated rings. The third-order valence-corrected chi connectivity index (χ3v) is 7.90. The molecule has 3 aromatic carbocycles. The Morgan fingerprint density at radius 1 is 1.08 bits per heavy atom. The van der Waals surface area contributed by atoms with Crippen molar-refractivity contribution in [3.63, 3.8) is 0 Å². The van der Waals surface area contributed by atoms with E-state index in [1.807, 2.05) is 50.2 Å². The molecule has 1 aliphatic rings. The highest BCUT2D eigenvalue weighted by atomic mass is 19.1. The average Bonchev–Trinajstić information content (AvgIpc) is 3.31. The van der Waals surface area contributed by atoms with Gasteiger partial charge in [-0.15, -0.1) is 0 Å². The number of fused-ring (bicyclic) bond motifs is 1. The normalized spacial score (nSPS) is 14.7. The minimum absolute atomic E-state index is 0.0361. The Bertz CT molecular complexity index is 1440. The van der Waals surface area contributed by atoms with Crippen LogP contribution in [0, 0.1) is 11.7 Å². The molecular formula is C33H38FN3O2. The number of hydrogen-bond acceptors (Lipinski definition) is 3. The summed E-state index contributed by atoms with van der Waals surface area (Å²) < 4.78 is 20.2. The highest BCUT2D eigenvalue weighted by Crippen LogP contribution is 2.35. The van der Waals surface area contributed by atoms with E-state index in [0.29, 0.717) is 11.5 Å². The van der Waals surface area contributed by atoms with E-state index in [1.54, 1.807) is 13.2 Å². The summed E-state index contributed by atoms with van der Waals surface area (Å²) in [5, 5.41) is 4.12. The Morgan fingerprint density at radius 3 is 2.62 bits per heavy atom. The number of aryl methyl sites for hydroxylation is 1. The van der Waals surface area contributed by atoms with Gasteiger partial charge in [-0.3, -0.25) is 4.79 Å². The minimum atomic E-state index is -0.216. The summed E-state index contributed by atoms with van der Waals surface area (Å²) in [6.45, 7) is 6.92. The Labute approximate surface area is 230 Å². The largest absolute Gasteiger partial charge is 0.497 e. The summed E-state index contributed by atoms with van der Waals surface area (Å²) >= 11 is 0. The van der Waals surface area contributed by atoms with Gasteiger partial charge in [0.05, 0.1) is 12.8 Å². The molecule has 1 amide bonds. The number of ether oxygens (including phenoxy) is 1. The van der Waals surface area contributed by atoms with E-state index in [1.165, 1.54) is 11.6 Å². The summed E-state index contributed by atoms with van der Waals surface area (Å²) in [4.78, 5) is 18.1. The number of likely N-dealkylation sites (tertiary alicyclic amines) is 1. The number of anilines is 1. The lowest BCUT2D eigenvalue weighted by molar-refractivity contribution is -0.118. The minimum Gasteiger partial charge on any atom is -0.497 e. The van der Waals surface area contributed by atoms with E-state index in [-0.39, 0.29) is 17.6 Å². The molecule has 0 spiro atoms. The van der Waals surface area contributed by atoms with Crippen molar-refractivity contribution in [3.8, 4) is 17.0 Å². The zero-order valence-electron chi connectivity index (χ0n) is 23.1. The van der Waals surface area contributed by atoms with Gasteiger partial charge in [-0.05, 0) is 105 Å². The van der Waals surface area contributed by atoms with Crippen molar-refractivity contribution in [1.82, 2.24) is 9.88 Å². The molecule has 0 atom stereocenters. The number of H-pyrrole nitrogens is 1. The van der Waals surface area contributed by atoms with Crippen LogP contribution in [0.2, 0.25) is 0 Å². The molecule has 2 heterocycles. The molecule has 5 nitrogen and oxygen atoms in total. The van der Waals surface area contributed by atoms with Gasteiger partial charge in [0.25, 0.3) is 0 Å². The van der Waals surface area contributed by atoms with Gasteiger partial charge in [0.15, 0.2) is 0 Å². The lowest BCUT2D eigenvalue weighted by atomic mass is 9.89. The predicted molar refractivity (Wildman–Crippen MR) is 157 cm³/mol. The Hall–Kier alpha value is -3.64. The molecule has 0 saturated carbocycles. The van der Waals surface area contributed by atoms with E-state index >= 15 is 0 Å². The number of piperidine rings is 1. The lowest BCUT2D eigenvalue weighted by Gasteiger charge is -2.32. The van der Waals surface area contributed by atoms with Crippen molar-refractivity contribution in [1.29, 1.82) is 0 Å². The maximum absolute atomic E-state index is 14.8. The standard InChI is InChI=1S/C33H38FN3O2/c1-22(2)33(38)35-25-9-6-8-24(20-25)23-15-18-37(19-16-23)17-7-11-27-29-21-26(39-3)13-14-31(29)36-32(27)28-10-4-5-12-30(28)34/h4-6,8-10,12-14,20-23,36H,7,11,15-19H2,1-3H3,(H,35,38). The SMILES string of the molecule is COc1ccc2[nH]c(-c3ccccc3F)c(CCCN3CCC(c4cccc(NC(=O)C(C)C)c4)CC3)c2c1. The fourth-order valence-electron chi connectivity index (χ4n) is 5.63. The van der Waals surface area contributed by atoms with Crippen LogP contribution in [0.4, 0.5) is 10.1 Å². The first-order chi connectivity index (χ1) is 18.9. The van der Waals surface area contributed by atoms with Crippen molar-refractivity contribution >= 4 is 22.5 Å². The number of nitrogens with one attached hydrogen (secondary N) is 2. The molecule has 39 heavy (non-hydrogen) atoms. The summed E-state index contributed by atoms with van der Waals surface area (Å²) in [5.74, 6) is 1.11. The van der Waals surface area contributed by atoms with Crippen LogP contribution in [0.15, 0.2) is 66.7 Å². The maximum atomic E-state index is 14.8. The predicted octanol–water partition coefficient (Wildman–Crippen LogP) is 7.39. The Balaban J connectivity index is 1.23. The van der Waals surface area contributed by atoms with Gasteiger partial charge in [-0.2, -0.15) is 0 Å². The van der Waals surface area contributed by atoms with Crippen LogP contribution < -0.4 is 10.1 Å². The van der Waals surface area contributed by atoms with Gasteiger partial charge in [0.2, 0.25) is 5.91 Å². The Kier molecular flexibility index (Phi) is 8.32. The van der Waals surface area contributed by atoms with Crippen molar-refractivity contribution in [2.75, 3.05) is 32.1 Å². The number of hydrogen-bond donors (Lipinski definition) is 2. The van der Waals surface area contributed by atoms with E-state index in [0.717, 1.165) is 78.9 Å². The second-order valence-electron chi connectivity index (χ2n) is 10.9. The van der Waals surface area contributed by atoms with Crippen LogP contribution in [0.25, 0.3) is 22.2 Å². The molecule has 2 N–H and O–H groups in total. The van der Waals surface area contributed by atoms with E-state index in [9.17, 15) is 9.18 Å². The number of halogens is 1. The molecule has 0 unspecified atom stereocenters. The van der Waals surface area contributed by atoms with Gasteiger partial charge in [0, 0.05) is 28.1 Å². The smallest absolute Gasteiger partial charge is 0.226 e. The van der Waals surface area contributed by atoms with Crippen LogP contribution in [0.3, 0.4) is 0 Å². The molecule has 1 aliphatic heterocycles. The van der Waals surface area contributed by atoms with Gasteiger partial charge >= 0.3 is 0 Å². The number of benzene rings is 3. The zero-order valence-corrected chi connectivity index (χ0v) is 23.1. The van der Waals surface area contributed by atoms with Crippen LogP contribution in [0.5, 0.6) is 5.75 Å². The van der Waals surface area contributed by atoms with E-state index in [2.05, 4.69) is 33.4 Å². The second-order valence-corrected chi connectivity index (χ2v) is 10.9. The average molecular weight is 528 g/mol. The maximum Gasteiger partial charge on any atom is 0.226 e. The molecule has 1 aromatic heterocycles. The quantitative estimate of drug-likeness (QED) is 0.239. The lowest BCUT2D eigenvalue weighted by Crippen LogP contribution is -2.33. The third kappa shape index (κ3) is 6.17. The number of carbonyl (C=O) groups is 1. The monoisotopic (exact) mass is 527 g/mol. The van der Waals surface area contributed by atoms with Gasteiger partial charge in [-0.1, -0.05) is 38.1 Å². The van der Waals surface area contributed by atoms with Gasteiger partial charge < -0.3 is 19.9 Å². The number of amides is 1. The fourth-order valence-corrected chi connectivity index (χ4v) is 5.63. The first-order valence-electron chi connectivity index (χ1n) is 14.0. The molecule has 0 radical (unpaired) electrons. The third-order valence-electron chi connectivity index (χ3n) is 7.90. The summed E-state index contributed by atoms with van der Waals surface area (Å²) in [5.41, 5.74) is 5.80. The molecule has 1 saturated heterocycles. The van der Waals surface area contributed by atoms with Crippen LogP contribution in [-0.2, 0) is 11.2 Å². The van der Waals surface area contributed by atoms with Gasteiger partial charge in [0.1, 0.15) is 11.6 Å². The van der Waals surface area contributed by atoms with Crippen molar-refractivity contribution < 1.29 is 13.9 Å². The molecule has 6 heteroatoms. The molecule has 5 rings (SSSR count). The zero-order chi connectivity index (χ0) is 27.4. The topological polar surface area (TPSA) is 57.4 Å². The van der Waals surface area contributed by atoms with Crippen LogP contribution in [0.1, 0.15) is 50.2 Å². The molecular weight excluding hydrogens is 489 g/mol. The number of methoxy groups -OCH3 is 1. The molecule has 0 aliphatic carbocycles. The number of carbonyl (C=O) groups excluding carboxylic acids is 1. The summed E-state index contributed by atoms with van der Waals surface area (Å²) in [6.07, 6.45) is 4.06. The number of aromatic nitrogens is 1. The highest BCUT2D eigenvalue weighted by molar-refractivity contribution is 5.92. The first-order valence-corrected chi connectivity index (χ1v) is 14.0. The number of nitrogens with zero attached hydrogens (tertiary/aromatic N) is 1. The summed E-state index contributed by atoms with van der Waals surface area (Å²) in [6, 6.07) is 21.3. The Morgan fingerprint density at radius 2 is 1.87 bits per heavy atom. The first kappa shape index (κ1) is 26.9. The number of aromatic amines is 1. The van der Waals surface area contributed by atoms with E-state index in [4.69, 9.17) is 4.74 Å². The van der Waals surface area contributed by atoms with E-state index < -0.39 is 0 Å². The van der Waals surface area contributed by atoms with Crippen molar-refractivity contribution in [2.45, 2.75) is 45.4 Å². The van der Waals surface area contributed by atoms with Crippen LogP contribution in [-0.4, -0.2) is 42.5 Å². The summed E-state index contributed by atoms with van der Waals surface area (Å²) in [7, 11) is 1.67. The molecule has 0 bridgehead atoms. The molecule has 204 valence electrons. The van der Waals surface area contributed by atoms with Gasteiger partial charge in [-0.25, -0.2) is 4.39 Å². The molecule has 4 aromatic rings.